The second-order valence-corrected chi connectivity index (χ2v) is 4.71. The Morgan fingerprint density at radius 2 is 2.16 bits per heavy atom. The molecule has 1 aromatic carbocycles. The van der Waals surface area contributed by atoms with Crippen molar-refractivity contribution in [2.75, 3.05) is 13.1 Å². The predicted octanol–water partition coefficient (Wildman–Crippen LogP) is 2.12. The van der Waals surface area contributed by atoms with Gasteiger partial charge in [0.1, 0.15) is 12.8 Å². The highest BCUT2D eigenvalue weighted by Gasteiger charge is 2.28. The van der Waals surface area contributed by atoms with Gasteiger partial charge < -0.3 is 14.7 Å². The number of nitrogens with zero attached hydrogens (tertiary/aromatic N) is 1. The number of hydrogen-bond donors (Lipinski definition) is 1. The van der Waals surface area contributed by atoms with E-state index in [9.17, 15) is 14.3 Å². The van der Waals surface area contributed by atoms with Crippen LogP contribution < -0.4 is 0 Å². The lowest BCUT2D eigenvalue weighted by Gasteiger charge is -2.21. The van der Waals surface area contributed by atoms with Crippen LogP contribution in [0.15, 0.2) is 30.3 Å². The number of benzene rings is 1. The van der Waals surface area contributed by atoms with E-state index in [2.05, 4.69) is 0 Å². The van der Waals surface area contributed by atoms with E-state index in [4.69, 9.17) is 4.74 Å². The first-order chi connectivity index (χ1) is 9.16. The van der Waals surface area contributed by atoms with Gasteiger partial charge in [0.15, 0.2) is 0 Å². The van der Waals surface area contributed by atoms with E-state index in [1.807, 2.05) is 30.3 Å². The van der Waals surface area contributed by atoms with Gasteiger partial charge in [0.25, 0.3) is 0 Å². The summed E-state index contributed by atoms with van der Waals surface area (Å²) < 4.78 is 18.7. The van der Waals surface area contributed by atoms with Gasteiger partial charge in [0.05, 0.1) is 12.6 Å². The minimum absolute atomic E-state index is 0.102. The summed E-state index contributed by atoms with van der Waals surface area (Å²) in [4.78, 5) is 13.2. The largest absolute Gasteiger partial charge is 0.445 e. The average molecular weight is 267 g/mol. The number of amides is 1. The Morgan fingerprint density at radius 3 is 2.89 bits per heavy atom. The number of hydrogen-bond acceptors (Lipinski definition) is 3. The van der Waals surface area contributed by atoms with E-state index in [-0.39, 0.29) is 13.2 Å². The fraction of sp³-hybridized carbons (Fsp3) is 0.500. The van der Waals surface area contributed by atoms with Crippen LogP contribution in [0, 0.1) is 0 Å². The third kappa shape index (κ3) is 3.92. The number of carbonyl (C=O) groups excluding carboxylic acids is 1. The minimum Gasteiger partial charge on any atom is -0.445 e. The molecule has 0 aliphatic carbocycles. The molecule has 1 fully saturated rings. The van der Waals surface area contributed by atoms with Gasteiger partial charge in [-0.15, -0.1) is 0 Å². The minimum atomic E-state index is -1.40. The van der Waals surface area contributed by atoms with Crippen molar-refractivity contribution in [1.82, 2.24) is 4.90 Å². The lowest BCUT2D eigenvalue weighted by molar-refractivity contribution is 0.0556. The van der Waals surface area contributed by atoms with E-state index in [1.165, 1.54) is 4.90 Å². The maximum atomic E-state index is 13.5. The van der Waals surface area contributed by atoms with Crippen LogP contribution in [0.2, 0.25) is 0 Å². The fourth-order valence-corrected chi connectivity index (χ4v) is 2.07. The Kier molecular flexibility index (Phi) is 4.74. The predicted molar refractivity (Wildman–Crippen MR) is 68.3 cm³/mol. The Morgan fingerprint density at radius 1 is 1.42 bits per heavy atom. The van der Waals surface area contributed by atoms with Crippen molar-refractivity contribution in [2.45, 2.75) is 31.7 Å². The molecule has 104 valence electrons. The Balaban J connectivity index is 1.85. The maximum absolute atomic E-state index is 13.5. The van der Waals surface area contributed by atoms with Gasteiger partial charge in [-0.05, 0) is 18.4 Å². The molecule has 1 heterocycles. The van der Waals surface area contributed by atoms with Crippen molar-refractivity contribution < 1.29 is 19.0 Å². The monoisotopic (exact) mass is 267 g/mol. The van der Waals surface area contributed by atoms with Gasteiger partial charge in [-0.25, -0.2) is 9.18 Å². The topological polar surface area (TPSA) is 49.8 Å². The van der Waals surface area contributed by atoms with E-state index in [1.54, 1.807) is 0 Å². The number of likely N-dealkylation sites (tertiary alicyclic amines) is 1. The molecule has 0 aromatic heterocycles. The summed E-state index contributed by atoms with van der Waals surface area (Å²) >= 11 is 0. The van der Waals surface area contributed by atoms with Crippen molar-refractivity contribution in [3.05, 3.63) is 35.9 Å². The van der Waals surface area contributed by atoms with Crippen LogP contribution in [0.3, 0.4) is 0 Å². The Hall–Kier alpha value is -1.62. The first-order valence-electron chi connectivity index (χ1n) is 6.44. The number of halogens is 1. The average Bonchev–Trinajstić information content (AvgIpc) is 2.60. The molecule has 1 N–H and O–H groups in total. The van der Waals surface area contributed by atoms with Crippen LogP contribution in [0.4, 0.5) is 9.18 Å². The molecule has 0 unspecified atom stereocenters. The summed E-state index contributed by atoms with van der Waals surface area (Å²) in [7, 11) is 0. The second-order valence-electron chi connectivity index (χ2n) is 4.71. The highest BCUT2D eigenvalue weighted by Crippen LogP contribution is 2.15. The zero-order chi connectivity index (χ0) is 13.7. The van der Waals surface area contributed by atoms with Gasteiger partial charge in [-0.2, -0.15) is 0 Å². The van der Waals surface area contributed by atoms with Crippen molar-refractivity contribution in [3.63, 3.8) is 0 Å². The zero-order valence-electron chi connectivity index (χ0n) is 10.7. The number of alkyl halides is 1. The summed E-state index contributed by atoms with van der Waals surface area (Å²) in [5, 5.41) is 9.41. The molecule has 1 aliphatic heterocycles. The number of aliphatic hydroxyl groups is 1. The Labute approximate surface area is 111 Å². The van der Waals surface area contributed by atoms with Crippen LogP contribution in [-0.4, -0.2) is 41.5 Å². The van der Waals surface area contributed by atoms with Gasteiger partial charge >= 0.3 is 6.09 Å². The molecule has 1 aliphatic rings. The molecule has 1 aromatic rings. The SMILES string of the molecule is O=C(OCc1ccccc1)N1CCC[C@@H](O)[C@H](F)C1. The van der Waals surface area contributed by atoms with E-state index in [0.29, 0.717) is 19.4 Å². The molecule has 2 atom stereocenters. The second kappa shape index (κ2) is 6.52. The third-order valence-corrected chi connectivity index (χ3v) is 3.20. The molecule has 0 bridgehead atoms. The molecule has 0 spiro atoms. The van der Waals surface area contributed by atoms with E-state index >= 15 is 0 Å². The first-order valence-corrected chi connectivity index (χ1v) is 6.44. The van der Waals surface area contributed by atoms with Gasteiger partial charge in [0, 0.05) is 6.54 Å². The van der Waals surface area contributed by atoms with Crippen LogP contribution in [0.5, 0.6) is 0 Å². The standard InChI is InChI=1S/C14H18FNO3/c15-12-9-16(8-4-7-13(12)17)14(18)19-10-11-5-2-1-3-6-11/h1-3,5-6,12-13,17H,4,7-10H2/t12-,13-/m1/s1. The third-order valence-electron chi connectivity index (χ3n) is 3.20. The smallest absolute Gasteiger partial charge is 0.410 e. The van der Waals surface area contributed by atoms with E-state index < -0.39 is 18.4 Å². The van der Waals surface area contributed by atoms with Crippen LogP contribution in [0.1, 0.15) is 18.4 Å². The normalized spacial score (nSPS) is 23.8. The van der Waals surface area contributed by atoms with Gasteiger partial charge in [-0.1, -0.05) is 30.3 Å². The van der Waals surface area contributed by atoms with Crippen molar-refractivity contribution in [2.24, 2.45) is 0 Å². The number of carbonyl (C=O) groups is 1. The van der Waals surface area contributed by atoms with E-state index in [0.717, 1.165) is 5.56 Å². The fourth-order valence-electron chi connectivity index (χ4n) is 2.07. The van der Waals surface area contributed by atoms with Crippen LogP contribution in [-0.2, 0) is 11.3 Å². The molecule has 1 saturated heterocycles. The number of ether oxygens (including phenoxy) is 1. The lowest BCUT2D eigenvalue weighted by Crippen LogP contribution is -2.38. The molecule has 4 nitrogen and oxygen atoms in total. The lowest BCUT2D eigenvalue weighted by atomic mass is 10.1. The molecule has 0 saturated carbocycles. The van der Waals surface area contributed by atoms with Crippen molar-refractivity contribution >= 4 is 6.09 Å². The summed E-state index contributed by atoms with van der Waals surface area (Å²) in [6.45, 7) is 0.496. The molecule has 1 amide bonds. The summed E-state index contributed by atoms with van der Waals surface area (Å²) in [6, 6.07) is 9.33. The first kappa shape index (κ1) is 13.8. The summed E-state index contributed by atoms with van der Waals surface area (Å²) in [5.74, 6) is 0. The van der Waals surface area contributed by atoms with Crippen LogP contribution >= 0.6 is 0 Å². The molecule has 0 radical (unpaired) electrons. The quantitative estimate of drug-likeness (QED) is 0.893. The maximum Gasteiger partial charge on any atom is 0.410 e. The highest BCUT2D eigenvalue weighted by atomic mass is 19.1. The molecular weight excluding hydrogens is 249 g/mol. The summed E-state index contributed by atoms with van der Waals surface area (Å²) in [6.07, 6.45) is -1.94. The molecule has 2 rings (SSSR count). The summed E-state index contributed by atoms with van der Waals surface area (Å²) in [5.41, 5.74) is 0.891. The van der Waals surface area contributed by atoms with Crippen molar-refractivity contribution in [3.8, 4) is 0 Å². The van der Waals surface area contributed by atoms with Gasteiger partial charge in [0.2, 0.25) is 0 Å². The molecular formula is C14H18FNO3. The zero-order valence-corrected chi connectivity index (χ0v) is 10.7. The molecule has 5 heteroatoms. The highest BCUT2D eigenvalue weighted by molar-refractivity contribution is 5.67. The van der Waals surface area contributed by atoms with Crippen molar-refractivity contribution in [1.29, 1.82) is 0 Å². The Bertz CT molecular complexity index is 412. The van der Waals surface area contributed by atoms with Crippen LogP contribution in [0.25, 0.3) is 0 Å². The number of aliphatic hydroxyl groups excluding tert-OH is 1. The molecule has 19 heavy (non-hydrogen) atoms. The number of rotatable bonds is 2. The van der Waals surface area contributed by atoms with Gasteiger partial charge in [-0.3, -0.25) is 0 Å².